The molecule has 0 aromatic carbocycles. The van der Waals surface area contributed by atoms with Crippen LogP contribution >= 0.6 is 0 Å². The fraction of sp³-hybridized carbons (Fsp3) is 1.00. The molecule has 2 N–H and O–H groups in total. The Balaban J connectivity index is 1.48. The van der Waals surface area contributed by atoms with Crippen LogP contribution in [0, 0.1) is 5.92 Å². The van der Waals surface area contributed by atoms with Crippen LogP contribution in [0.5, 0.6) is 0 Å². The maximum atomic E-state index is 9.84. The maximum Gasteiger partial charge on any atom is 0.0580 e. The summed E-state index contributed by atoms with van der Waals surface area (Å²) in [5, 5.41) is 13.6. The zero-order valence-corrected chi connectivity index (χ0v) is 10.8. The van der Waals surface area contributed by atoms with Crippen LogP contribution in [0.15, 0.2) is 0 Å². The van der Waals surface area contributed by atoms with Crippen molar-refractivity contribution in [3.05, 3.63) is 0 Å². The van der Waals surface area contributed by atoms with Crippen LogP contribution < -0.4 is 5.32 Å². The summed E-state index contributed by atoms with van der Waals surface area (Å²) in [5.41, 5.74) is 0. The third-order valence-corrected chi connectivity index (χ3v) is 5.12. The van der Waals surface area contributed by atoms with Crippen molar-refractivity contribution in [1.29, 1.82) is 0 Å². The van der Waals surface area contributed by atoms with E-state index in [4.69, 9.17) is 0 Å². The molecule has 98 valence electrons. The van der Waals surface area contributed by atoms with E-state index in [1.807, 2.05) is 0 Å². The summed E-state index contributed by atoms with van der Waals surface area (Å²) in [5.74, 6) is 0.521. The summed E-state index contributed by atoms with van der Waals surface area (Å²) < 4.78 is 0. The Labute approximate surface area is 105 Å². The van der Waals surface area contributed by atoms with Crippen molar-refractivity contribution in [2.45, 2.75) is 63.1 Å². The summed E-state index contributed by atoms with van der Waals surface area (Å²) in [6.45, 7) is 3.64. The topological polar surface area (TPSA) is 35.5 Å². The van der Waals surface area contributed by atoms with Crippen molar-refractivity contribution in [2.75, 3.05) is 19.6 Å². The van der Waals surface area contributed by atoms with Crippen molar-refractivity contribution in [3.63, 3.8) is 0 Å². The van der Waals surface area contributed by atoms with Crippen molar-refractivity contribution >= 4 is 0 Å². The second kappa shape index (κ2) is 5.25. The highest BCUT2D eigenvalue weighted by atomic mass is 16.3. The molecule has 3 rings (SSSR count). The average molecular weight is 238 g/mol. The first-order valence-corrected chi connectivity index (χ1v) is 7.50. The minimum atomic E-state index is -0.0358. The monoisotopic (exact) mass is 238 g/mol. The molecular formula is C14H26N2O. The summed E-state index contributed by atoms with van der Waals surface area (Å²) in [6.07, 6.45) is 8.91. The minimum absolute atomic E-state index is 0.0358. The van der Waals surface area contributed by atoms with Crippen LogP contribution in [0.25, 0.3) is 0 Å². The molecule has 0 aromatic rings. The lowest BCUT2D eigenvalue weighted by atomic mass is 9.98. The standard InChI is InChI=1S/C14H26N2O/c17-14-6-3-4-11(14)10-15-12-7-9-16-8-2-1-5-13(12)16/h11-15,17H,1-10H2. The fourth-order valence-corrected chi connectivity index (χ4v) is 4.04. The van der Waals surface area contributed by atoms with E-state index in [2.05, 4.69) is 10.2 Å². The Kier molecular flexibility index (Phi) is 3.69. The lowest BCUT2D eigenvalue weighted by Crippen LogP contribution is -2.46. The molecule has 0 bridgehead atoms. The Morgan fingerprint density at radius 2 is 1.94 bits per heavy atom. The third-order valence-electron chi connectivity index (χ3n) is 5.12. The molecule has 4 atom stereocenters. The zero-order chi connectivity index (χ0) is 11.7. The van der Waals surface area contributed by atoms with E-state index in [9.17, 15) is 5.11 Å². The SMILES string of the molecule is OC1CCCC1CNC1CCN2CCCCC12. The molecule has 0 spiro atoms. The highest BCUT2D eigenvalue weighted by Gasteiger charge is 2.36. The van der Waals surface area contributed by atoms with Gasteiger partial charge in [0.15, 0.2) is 0 Å². The molecule has 0 aromatic heterocycles. The molecule has 0 radical (unpaired) electrons. The summed E-state index contributed by atoms with van der Waals surface area (Å²) >= 11 is 0. The number of aliphatic hydroxyl groups is 1. The molecule has 3 aliphatic rings. The van der Waals surface area contributed by atoms with Crippen molar-refractivity contribution in [3.8, 4) is 0 Å². The lowest BCUT2D eigenvalue weighted by Gasteiger charge is -2.33. The predicted octanol–water partition coefficient (Wildman–Crippen LogP) is 1.36. The summed E-state index contributed by atoms with van der Waals surface area (Å²) in [4.78, 5) is 2.67. The number of piperidine rings is 1. The molecule has 1 aliphatic carbocycles. The molecule has 3 fully saturated rings. The largest absolute Gasteiger partial charge is 0.393 e. The number of fused-ring (bicyclic) bond motifs is 1. The fourth-order valence-electron chi connectivity index (χ4n) is 4.04. The van der Waals surface area contributed by atoms with E-state index in [0.29, 0.717) is 12.0 Å². The van der Waals surface area contributed by atoms with E-state index in [1.165, 1.54) is 51.6 Å². The van der Waals surface area contributed by atoms with Crippen LogP contribution in [0.1, 0.15) is 44.9 Å². The van der Waals surface area contributed by atoms with Gasteiger partial charge in [0.1, 0.15) is 0 Å². The highest BCUT2D eigenvalue weighted by molar-refractivity contribution is 4.94. The van der Waals surface area contributed by atoms with Crippen LogP contribution in [-0.2, 0) is 0 Å². The van der Waals surface area contributed by atoms with Crippen molar-refractivity contribution < 1.29 is 5.11 Å². The first-order chi connectivity index (χ1) is 8.34. The maximum absolute atomic E-state index is 9.84. The number of aliphatic hydroxyl groups excluding tert-OH is 1. The molecule has 17 heavy (non-hydrogen) atoms. The van der Waals surface area contributed by atoms with Gasteiger partial charge in [0.2, 0.25) is 0 Å². The second-order valence-corrected chi connectivity index (χ2v) is 6.16. The van der Waals surface area contributed by atoms with Gasteiger partial charge in [-0.3, -0.25) is 4.90 Å². The smallest absolute Gasteiger partial charge is 0.0580 e. The molecule has 3 nitrogen and oxygen atoms in total. The van der Waals surface area contributed by atoms with Gasteiger partial charge in [-0.1, -0.05) is 12.8 Å². The van der Waals surface area contributed by atoms with Gasteiger partial charge in [0.05, 0.1) is 6.10 Å². The second-order valence-electron chi connectivity index (χ2n) is 6.16. The predicted molar refractivity (Wildman–Crippen MR) is 69.0 cm³/mol. The Bertz CT molecular complexity index is 259. The van der Waals surface area contributed by atoms with Gasteiger partial charge in [-0.25, -0.2) is 0 Å². The molecule has 1 saturated carbocycles. The molecule has 4 unspecified atom stereocenters. The van der Waals surface area contributed by atoms with E-state index >= 15 is 0 Å². The molecule has 3 heteroatoms. The Hall–Kier alpha value is -0.120. The third kappa shape index (κ3) is 2.51. The van der Waals surface area contributed by atoms with Gasteiger partial charge in [-0.2, -0.15) is 0 Å². The van der Waals surface area contributed by atoms with Gasteiger partial charge < -0.3 is 10.4 Å². The van der Waals surface area contributed by atoms with Crippen LogP contribution in [0.2, 0.25) is 0 Å². The van der Waals surface area contributed by atoms with E-state index in [1.54, 1.807) is 0 Å². The van der Waals surface area contributed by atoms with Gasteiger partial charge in [0, 0.05) is 25.2 Å². The first kappa shape index (κ1) is 11.9. The van der Waals surface area contributed by atoms with Crippen LogP contribution in [0.3, 0.4) is 0 Å². The van der Waals surface area contributed by atoms with E-state index < -0.39 is 0 Å². The Morgan fingerprint density at radius 1 is 1.00 bits per heavy atom. The van der Waals surface area contributed by atoms with Gasteiger partial charge in [-0.05, 0) is 44.6 Å². The summed E-state index contributed by atoms with van der Waals surface area (Å²) in [6, 6.07) is 1.49. The lowest BCUT2D eigenvalue weighted by molar-refractivity contribution is 0.125. The average Bonchev–Trinajstić information content (AvgIpc) is 2.93. The van der Waals surface area contributed by atoms with Gasteiger partial charge >= 0.3 is 0 Å². The zero-order valence-electron chi connectivity index (χ0n) is 10.8. The highest BCUT2D eigenvalue weighted by Crippen LogP contribution is 2.29. The minimum Gasteiger partial charge on any atom is -0.393 e. The molecule has 2 saturated heterocycles. The number of nitrogens with zero attached hydrogens (tertiary/aromatic N) is 1. The summed E-state index contributed by atoms with van der Waals surface area (Å²) in [7, 11) is 0. The Morgan fingerprint density at radius 3 is 2.76 bits per heavy atom. The normalized spacial score (nSPS) is 42.9. The van der Waals surface area contributed by atoms with E-state index in [-0.39, 0.29) is 6.10 Å². The molecule has 2 aliphatic heterocycles. The molecular weight excluding hydrogens is 212 g/mol. The molecule has 2 heterocycles. The number of hydrogen-bond donors (Lipinski definition) is 2. The van der Waals surface area contributed by atoms with Gasteiger partial charge in [0.25, 0.3) is 0 Å². The van der Waals surface area contributed by atoms with Crippen molar-refractivity contribution in [1.82, 2.24) is 10.2 Å². The van der Waals surface area contributed by atoms with Crippen LogP contribution in [0.4, 0.5) is 0 Å². The van der Waals surface area contributed by atoms with E-state index in [0.717, 1.165) is 19.0 Å². The number of hydrogen-bond acceptors (Lipinski definition) is 3. The first-order valence-electron chi connectivity index (χ1n) is 7.50. The van der Waals surface area contributed by atoms with Crippen LogP contribution in [-0.4, -0.2) is 47.8 Å². The quantitative estimate of drug-likeness (QED) is 0.779. The molecule has 0 amide bonds. The van der Waals surface area contributed by atoms with Gasteiger partial charge in [-0.15, -0.1) is 0 Å². The number of nitrogens with one attached hydrogen (secondary N) is 1. The van der Waals surface area contributed by atoms with Crippen molar-refractivity contribution in [2.24, 2.45) is 5.92 Å². The number of rotatable bonds is 3.